The molecule has 0 aliphatic heterocycles. The first kappa shape index (κ1) is 72.3. The number of carbonyl (C=O) groups is 2. The highest BCUT2D eigenvalue weighted by Crippen LogP contribution is 2.47. The Morgan fingerprint density at radius 2 is 0.750 bits per heavy atom. The van der Waals surface area contributed by atoms with Crippen molar-refractivity contribution < 1.29 is 75.3 Å². The van der Waals surface area contributed by atoms with Gasteiger partial charge in [-0.25, -0.2) is 4.79 Å². The van der Waals surface area contributed by atoms with Crippen LogP contribution >= 0.6 is 29.2 Å². The third-order valence-electron chi connectivity index (χ3n) is 11.6. The first-order valence-corrected chi connectivity index (χ1v) is 33.5. The van der Waals surface area contributed by atoms with Gasteiger partial charge in [-0.3, -0.25) is 9.36 Å². The van der Waals surface area contributed by atoms with Crippen molar-refractivity contribution in [2.75, 3.05) is 150 Å². The summed E-state index contributed by atoms with van der Waals surface area (Å²) in [5, 5.41) is 0. The minimum absolute atomic E-state index is 0.219. The molecule has 0 fully saturated rings. The van der Waals surface area contributed by atoms with Crippen LogP contribution in [0.5, 0.6) is 11.5 Å². The molecule has 0 bridgehead atoms. The molecule has 0 aliphatic carbocycles. The lowest BCUT2D eigenvalue weighted by atomic mass is 10.1. The highest BCUT2D eigenvalue weighted by Gasteiger charge is 2.23. The molecule has 446 valence electrons. The highest BCUT2D eigenvalue weighted by atomic mass is 33.1. The van der Waals surface area contributed by atoms with Gasteiger partial charge < -0.3 is 61.2 Å². The van der Waals surface area contributed by atoms with Crippen LogP contribution in [0.1, 0.15) is 179 Å². The predicted molar refractivity (Wildman–Crippen MR) is 308 cm³/mol. The quantitative estimate of drug-likeness (QED) is 0.0261. The summed E-state index contributed by atoms with van der Waals surface area (Å²) in [6.07, 6.45) is 26.4. The number of hydrogen-bond donors (Lipinski definition) is 0. The molecule has 1 rings (SSSR count). The van der Waals surface area contributed by atoms with Crippen molar-refractivity contribution in [2.45, 2.75) is 169 Å². The molecule has 1 aromatic carbocycles. The molecule has 0 N–H and O–H groups in total. The van der Waals surface area contributed by atoms with Gasteiger partial charge in [-0.05, 0) is 45.2 Å². The summed E-state index contributed by atoms with van der Waals surface area (Å²) in [4.78, 5) is 25.3. The van der Waals surface area contributed by atoms with Crippen molar-refractivity contribution >= 4 is 41.1 Å². The molecule has 0 radical (unpaired) electrons. The molecule has 0 saturated carbocycles. The van der Waals surface area contributed by atoms with E-state index in [2.05, 4.69) is 13.8 Å². The molecular formula is C57H105O16PS2. The average Bonchev–Trinajstić information content (AvgIpc) is 3.41. The van der Waals surface area contributed by atoms with Crippen molar-refractivity contribution in [1.82, 2.24) is 0 Å². The minimum atomic E-state index is -3.07. The Kier molecular flexibility index (Phi) is 53.9. The van der Waals surface area contributed by atoms with Crippen LogP contribution in [-0.4, -0.2) is 162 Å². The maximum Gasteiger partial charge on any atom is 0.338 e. The summed E-state index contributed by atoms with van der Waals surface area (Å²) in [6, 6.07) is 5.43. The molecule has 0 spiro atoms. The van der Waals surface area contributed by atoms with Crippen LogP contribution in [0.4, 0.5) is 0 Å². The largest absolute Gasteiger partial charge is 0.493 e. The monoisotopic (exact) mass is 1140 g/mol. The van der Waals surface area contributed by atoms with E-state index in [1.807, 2.05) is 6.07 Å². The van der Waals surface area contributed by atoms with Crippen LogP contribution < -0.4 is 9.47 Å². The van der Waals surface area contributed by atoms with Crippen LogP contribution in [0.25, 0.3) is 0 Å². The van der Waals surface area contributed by atoms with Gasteiger partial charge >= 0.3 is 19.5 Å². The fourth-order valence-electron chi connectivity index (χ4n) is 7.52. The Morgan fingerprint density at radius 3 is 1.14 bits per heavy atom. The zero-order valence-electron chi connectivity index (χ0n) is 47.8. The Hall–Kier alpha value is -1.67. The molecule has 76 heavy (non-hydrogen) atoms. The zero-order valence-corrected chi connectivity index (χ0v) is 50.4. The van der Waals surface area contributed by atoms with Crippen molar-refractivity contribution in [3.8, 4) is 11.5 Å². The van der Waals surface area contributed by atoms with E-state index in [9.17, 15) is 14.2 Å². The summed E-state index contributed by atoms with van der Waals surface area (Å²) in [6.45, 7) is 16.6. The summed E-state index contributed by atoms with van der Waals surface area (Å²) < 4.78 is 84.7. The first-order chi connectivity index (χ1) is 37.4. The molecule has 0 unspecified atom stereocenters. The maximum absolute atomic E-state index is 13.2. The van der Waals surface area contributed by atoms with Crippen molar-refractivity contribution in [2.24, 2.45) is 0 Å². The average molecular weight is 1140 g/mol. The van der Waals surface area contributed by atoms with Crippen LogP contribution in [-0.2, 0) is 61.0 Å². The molecule has 0 amide bonds. The number of unbranched alkanes of at least 4 members (excludes halogenated alkanes) is 18. The smallest absolute Gasteiger partial charge is 0.338 e. The van der Waals surface area contributed by atoms with E-state index in [1.165, 1.54) is 103 Å². The standard InChI is InChI=1S/C57H105O16PS2/c1-5-9-11-13-15-17-19-21-23-25-30-68-54-50-53(51-55(52-54)69-31-26-24-22-20-18-16-14-12-10-6-2)57(59)71-46-49-76-75-48-45-70-56(58)28-27-29-61-32-33-62-34-35-63-36-37-64-38-39-65-40-41-66-42-43-67-44-47-74(60,72-7-3)73-8-4/h50-52H,5-49H2,1-4H3. The van der Waals surface area contributed by atoms with E-state index in [-0.39, 0.29) is 31.8 Å². The Balaban J connectivity index is 2.07. The van der Waals surface area contributed by atoms with Gasteiger partial charge in [-0.2, -0.15) is 0 Å². The molecular weight excluding hydrogens is 1040 g/mol. The van der Waals surface area contributed by atoms with Gasteiger partial charge in [0, 0.05) is 30.6 Å². The number of ether oxygens (including phenoxy) is 11. The van der Waals surface area contributed by atoms with E-state index in [4.69, 9.17) is 61.2 Å². The third-order valence-corrected chi connectivity index (χ3v) is 16.0. The van der Waals surface area contributed by atoms with Gasteiger partial charge in [0.2, 0.25) is 0 Å². The molecule has 0 aliphatic rings. The molecule has 0 saturated heterocycles. The molecule has 19 heteroatoms. The topological polar surface area (TPSA) is 171 Å². The Labute approximate surface area is 468 Å². The van der Waals surface area contributed by atoms with Gasteiger partial charge in [0.25, 0.3) is 0 Å². The van der Waals surface area contributed by atoms with Gasteiger partial charge in [0.05, 0.1) is 124 Å². The van der Waals surface area contributed by atoms with Crippen LogP contribution in [0.3, 0.4) is 0 Å². The van der Waals surface area contributed by atoms with E-state index >= 15 is 0 Å². The molecule has 0 aromatic heterocycles. The van der Waals surface area contributed by atoms with Crippen LogP contribution in [0.15, 0.2) is 18.2 Å². The number of carbonyl (C=O) groups excluding carboxylic acids is 2. The number of rotatable bonds is 61. The second-order valence-electron chi connectivity index (χ2n) is 18.3. The molecule has 1 aromatic rings. The molecule has 0 heterocycles. The lowest BCUT2D eigenvalue weighted by Gasteiger charge is -2.16. The van der Waals surface area contributed by atoms with Crippen molar-refractivity contribution in [3.63, 3.8) is 0 Å². The van der Waals surface area contributed by atoms with Gasteiger partial charge in [0.15, 0.2) is 0 Å². The van der Waals surface area contributed by atoms with E-state index in [0.717, 1.165) is 25.7 Å². The van der Waals surface area contributed by atoms with E-state index < -0.39 is 13.6 Å². The summed E-state index contributed by atoms with van der Waals surface area (Å²) in [5.74, 6) is 1.89. The lowest BCUT2D eigenvalue weighted by molar-refractivity contribution is -0.143. The minimum Gasteiger partial charge on any atom is -0.493 e. The normalized spacial score (nSPS) is 11.6. The zero-order chi connectivity index (χ0) is 54.9. The Bertz CT molecular complexity index is 1430. The predicted octanol–water partition coefficient (Wildman–Crippen LogP) is 13.5. The number of benzene rings is 1. The van der Waals surface area contributed by atoms with Crippen molar-refractivity contribution in [1.29, 1.82) is 0 Å². The first-order valence-electron chi connectivity index (χ1n) is 29.3. The fourth-order valence-corrected chi connectivity index (χ4v) is 10.6. The third kappa shape index (κ3) is 48.3. The highest BCUT2D eigenvalue weighted by molar-refractivity contribution is 8.76. The number of hydrogen-bond acceptors (Lipinski definition) is 18. The van der Waals surface area contributed by atoms with Crippen molar-refractivity contribution in [3.05, 3.63) is 23.8 Å². The summed E-state index contributed by atoms with van der Waals surface area (Å²) in [5.41, 5.74) is 0.436. The van der Waals surface area contributed by atoms with E-state index in [1.54, 1.807) is 47.6 Å². The second kappa shape index (κ2) is 56.6. The second-order valence-corrected chi connectivity index (χ2v) is 23.2. The fraction of sp³-hybridized carbons (Fsp3) is 0.860. The summed E-state index contributed by atoms with van der Waals surface area (Å²) >= 11 is 0. The summed E-state index contributed by atoms with van der Waals surface area (Å²) in [7, 11) is 0.0848. The van der Waals surface area contributed by atoms with E-state index in [0.29, 0.717) is 154 Å². The number of esters is 2. The lowest BCUT2D eigenvalue weighted by Crippen LogP contribution is -2.15. The maximum atomic E-state index is 13.2. The van der Waals surface area contributed by atoms with Gasteiger partial charge in [-0.15, -0.1) is 0 Å². The molecule has 0 atom stereocenters. The van der Waals surface area contributed by atoms with Crippen LogP contribution in [0, 0.1) is 0 Å². The SMILES string of the molecule is CCCCCCCCCCCCOc1cc(OCCCCCCCCCCCC)cc(C(=O)OCCSSCCOC(=O)CCCOCCOCCOCCOCCOCCOCCOCCP(=O)(OCC)OCC)c1. The Morgan fingerprint density at radius 1 is 0.395 bits per heavy atom. The molecule has 16 nitrogen and oxygen atoms in total. The van der Waals surface area contributed by atoms with Gasteiger partial charge in [-0.1, -0.05) is 151 Å². The van der Waals surface area contributed by atoms with Crippen LogP contribution in [0.2, 0.25) is 0 Å². The van der Waals surface area contributed by atoms with Gasteiger partial charge in [0.1, 0.15) is 24.7 Å².